The van der Waals surface area contributed by atoms with E-state index in [-0.39, 0.29) is 61.1 Å². The molecule has 4 aliphatic rings. The van der Waals surface area contributed by atoms with Crippen molar-refractivity contribution >= 4 is 61.7 Å². The number of nitrogens with zero attached hydrogens (tertiary/aromatic N) is 7. The number of rotatable bonds is 8. The van der Waals surface area contributed by atoms with Crippen LogP contribution < -0.4 is 26.0 Å². The zero-order valence-corrected chi connectivity index (χ0v) is 33.5. The van der Waals surface area contributed by atoms with Gasteiger partial charge in [0.25, 0.3) is 11.8 Å². The van der Waals surface area contributed by atoms with Gasteiger partial charge in [0.05, 0.1) is 67.8 Å². The summed E-state index contributed by atoms with van der Waals surface area (Å²) in [6.07, 6.45) is 7.19. The second kappa shape index (κ2) is 14.8. The zero-order chi connectivity index (χ0) is 41.2. The summed E-state index contributed by atoms with van der Waals surface area (Å²) in [5.41, 5.74) is 2.09. The molecular weight excluding hydrogens is 781 g/mol. The number of ether oxygens (including phenoxy) is 1. The Bertz CT molecular complexity index is 2620. The molecule has 0 bridgehead atoms. The lowest BCUT2D eigenvalue weighted by atomic mass is 9.68. The van der Waals surface area contributed by atoms with Crippen molar-refractivity contribution in [3.05, 3.63) is 75.4 Å². The number of imide groups is 1. The first kappa shape index (κ1) is 38.8. The molecule has 9 rings (SSSR count). The van der Waals surface area contributed by atoms with E-state index in [9.17, 15) is 24.4 Å². The van der Waals surface area contributed by atoms with Gasteiger partial charge in [0, 0.05) is 57.5 Å². The molecule has 1 spiro atoms. The number of alkyl halides is 2. The third-order valence-electron chi connectivity index (χ3n) is 12.9. The summed E-state index contributed by atoms with van der Waals surface area (Å²) in [7, 11) is 3.16. The van der Waals surface area contributed by atoms with Gasteiger partial charge in [-0.3, -0.25) is 38.7 Å². The first-order chi connectivity index (χ1) is 28.4. The van der Waals surface area contributed by atoms with Crippen LogP contribution in [0.2, 0.25) is 0 Å². The van der Waals surface area contributed by atoms with Crippen molar-refractivity contribution in [1.29, 1.82) is 5.26 Å². The first-order valence-electron chi connectivity index (χ1n) is 19.9. The fourth-order valence-electron chi connectivity index (χ4n) is 9.58. The number of likely N-dealkylation sites (tertiary alicyclic amines) is 1. The highest BCUT2D eigenvalue weighted by Gasteiger charge is 2.62. The van der Waals surface area contributed by atoms with Gasteiger partial charge in [-0.1, -0.05) is 6.07 Å². The van der Waals surface area contributed by atoms with E-state index >= 15 is 8.78 Å². The van der Waals surface area contributed by atoms with Crippen molar-refractivity contribution in [2.24, 2.45) is 18.4 Å². The standard InChI is InChI=1S/C42H43F2N9O5S/c1-50-36-30(4-3-5-31(36)53(40(50)57)32-10-11-35(54)49-38(32)56)52-21-41(22-52)12-13-51(23-42(41,43)44)20-24-6-8-26(9-7-24)39-48-29-15-33(58-2)28(16-34(29)59-39)47-37(55)27-14-25(17-45)18-46-19-27/h3-5,14-16,18-19,24,26,32H,6-13,20-23H2,1-2H3,(H,47,55)(H,49,54,56). The van der Waals surface area contributed by atoms with Crippen molar-refractivity contribution in [3.8, 4) is 11.8 Å². The van der Waals surface area contributed by atoms with Gasteiger partial charge in [0.1, 0.15) is 17.9 Å². The highest BCUT2D eigenvalue weighted by Crippen LogP contribution is 2.52. The Morgan fingerprint density at radius 2 is 1.88 bits per heavy atom. The SMILES string of the molecule is COc1cc2nc(C3CCC(CN4CCC5(CN(c6cccc7c6n(C)c(=O)n7C6CCC(=O)NC6=O)C5)C(F)(F)C4)CC3)sc2cc1NC(=O)c1cncc(C#N)c1. The number of benzene rings is 2. The Kier molecular flexibility index (Phi) is 9.74. The number of pyridine rings is 1. The number of hydrogen-bond acceptors (Lipinski definition) is 11. The molecule has 2 aromatic carbocycles. The Balaban J connectivity index is 0.814. The van der Waals surface area contributed by atoms with Crippen LogP contribution in [0.1, 0.15) is 77.8 Å². The normalized spacial score (nSPS) is 22.9. The van der Waals surface area contributed by atoms with Crippen molar-refractivity contribution in [2.75, 3.05) is 50.1 Å². The number of fused-ring (bicyclic) bond motifs is 2. The summed E-state index contributed by atoms with van der Waals surface area (Å²) in [4.78, 5) is 63.7. The van der Waals surface area contributed by atoms with E-state index in [2.05, 4.69) is 15.6 Å². The Hall–Kier alpha value is -5.73. The average Bonchev–Trinajstić information content (AvgIpc) is 3.74. The number of nitrogens with one attached hydrogen (secondary N) is 2. The number of imidazole rings is 1. The molecule has 1 aliphatic carbocycles. The van der Waals surface area contributed by atoms with Crippen LogP contribution in [0.15, 0.2) is 53.6 Å². The molecule has 4 fully saturated rings. The number of carbonyl (C=O) groups is 3. The van der Waals surface area contributed by atoms with Gasteiger partial charge in [-0.25, -0.2) is 18.6 Å². The van der Waals surface area contributed by atoms with Gasteiger partial charge in [0.15, 0.2) is 0 Å². The quantitative estimate of drug-likeness (QED) is 0.189. The number of aromatic nitrogens is 4. The smallest absolute Gasteiger partial charge is 0.329 e. The van der Waals surface area contributed by atoms with Crippen LogP contribution in [0.4, 0.5) is 20.2 Å². The predicted molar refractivity (Wildman–Crippen MR) is 217 cm³/mol. The number of carbonyl (C=O) groups excluding carboxylic acids is 3. The van der Waals surface area contributed by atoms with Crippen LogP contribution in [-0.2, 0) is 16.6 Å². The van der Waals surface area contributed by atoms with E-state index in [1.807, 2.05) is 34.1 Å². The summed E-state index contributed by atoms with van der Waals surface area (Å²) in [6, 6.07) is 11.7. The van der Waals surface area contributed by atoms with E-state index in [1.54, 1.807) is 30.5 Å². The average molecular weight is 824 g/mol. The van der Waals surface area contributed by atoms with Gasteiger partial charge in [-0.05, 0) is 75.3 Å². The number of aryl methyl sites for hydroxylation is 1. The van der Waals surface area contributed by atoms with Crippen LogP contribution >= 0.6 is 11.3 Å². The van der Waals surface area contributed by atoms with Crippen molar-refractivity contribution in [2.45, 2.75) is 62.8 Å². The van der Waals surface area contributed by atoms with Crippen LogP contribution in [0.25, 0.3) is 21.3 Å². The highest BCUT2D eigenvalue weighted by atomic mass is 32.1. The monoisotopic (exact) mass is 823 g/mol. The molecule has 3 aromatic heterocycles. The molecule has 3 amide bonds. The lowest BCUT2D eigenvalue weighted by Gasteiger charge is -2.58. The summed E-state index contributed by atoms with van der Waals surface area (Å²) in [5.74, 6) is -3.15. The van der Waals surface area contributed by atoms with Gasteiger partial charge >= 0.3 is 5.69 Å². The summed E-state index contributed by atoms with van der Waals surface area (Å²) < 4.78 is 41.7. The number of halogens is 2. The molecule has 59 heavy (non-hydrogen) atoms. The molecule has 1 saturated carbocycles. The van der Waals surface area contributed by atoms with Gasteiger partial charge in [-0.2, -0.15) is 5.26 Å². The summed E-state index contributed by atoms with van der Waals surface area (Å²) in [5, 5.41) is 15.4. The minimum absolute atomic E-state index is 0.134. The van der Waals surface area contributed by atoms with Crippen LogP contribution in [0.3, 0.4) is 0 Å². The largest absolute Gasteiger partial charge is 0.494 e. The fraction of sp³-hybridized carbons (Fsp3) is 0.452. The number of methoxy groups -OCH3 is 1. The van der Waals surface area contributed by atoms with Crippen LogP contribution in [-0.4, -0.2) is 87.5 Å². The number of anilines is 2. The summed E-state index contributed by atoms with van der Waals surface area (Å²) >= 11 is 1.59. The van der Waals surface area contributed by atoms with E-state index in [0.29, 0.717) is 53.6 Å². The van der Waals surface area contributed by atoms with Crippen molar-refractivity contribution in [1.82, 2.24) is 29.3 Å². The van der Waals surface area contributed by atoms with E-state index in [0.717, 1.165) is 40.9 Å². The molecule has 1 atom stereocenters. The number of thiazole rings is 1. The lowest BCUT2D eigenvalue weighted by molar-refractivity contribution is -0.181. The zero-order valence-electron chi connectivity index (χ0n) is 32.7. The molecule has 2 N–H and O–H groups in total. The second-order valence-corrected chi connectivity index (χ2v) is 17.5. The molecule has 306 valence electrons. The number of amides is 3. The molecule has 6 heterocycles. The van der Waals surface area contributed by atoms with Crippen LogP contribution in [0.5, 0.6) is 5.75 Å². The van der Waals surface area contributed by atoms with E-state index < -0.39 is 29.2 Å². The molecule has 14 nitrogen and oxygen atoms in total. The third-order valence-corrected chi connectivity index (χ3v) is 14.0. The fourth-order valence-corrected chi connectivity index (χ4v) is 10.7. The Labute approximate surface area is 341 Å². The summed E-state index contributed by atoms with van der Waals surface area (Å²) in [6.45, 7) is 1.28. The third kappa shape index (κ3) is 6.81. The maximum Gasteiger partial charge on any atom is 0.329 e. The van der Waals surface area contributed by atoms with Gasteiger partial charge in [-0.15, -0.1) is 11.3 Å². The van der Waals surface area contributed by atoms with Crippen molar-refractivity contribution < 1.29 is 27.9 Å². The maximum atomic E-state index is 16.2. The predicted octanol–water partition coefficient (Wildman–Crippen LogP) is 5.58. The topological polar surface area (TPSA) is 167 Å². The molecule has 3 saturated heterocycles. The van der Waals surface area contributed by atoms with Gasteiger partial charge < -0.3 is 15.0 Å². The first-order valence-corrected chi connectivity index (χ1v) is 20.7. The van der Waals surface area contributed by atoms with Gasteiger partial charge in [0.2, 0.25) is 11.8 Å². The second-order valence-electron chi connectivity index (χ2n) is 16.5. The molecule has 5 aromatic rings. The minimum Gasteiger partial charge on any atom is -0.494 e. The Morgan fingerprint density at radius 1 is 1.08 bits per heavy atom. The number of hydrogen-bond donors (Lipinski definition) is 2. The van der Waals surface area contributed by atoms with Crippen LogP contribution in [0, 0.1) is 22.7 Å². The minimum atomic E-state index is -2.89. The molecule has 3 aliphatic heterocycles. The number of para-hydroxylation sites is 1. The lowest BCUT2D eigenvalue weighted by Crippen LogP contribution is -2.70. The molecule has 0 radical (unpaired) electrons. The highest BCUT2D eigenvalue weighted by molar-refractivity contribution is 7.18. The van der Waals surface area contributed by atoms with E-state index in [4.69, 9.17) is 9.72 Å². The molecular formula is C42H43F2N9O5S. The number of nitriles is 1. The van der Waals surface area contributed by atoms with Crippen molar-refractivity contribution in [3.63, 3.8) is 0 Å². The molecule has 1 unspecified atom stereocenters. The number of piperidine rings is 2. The maximum absolute atomic E-state index is 16.2. The van der Waals surface area contributed by atoms with E-state index in [1.165, 1.54) is 34.7 Å². The Morgan fingerprint density at radius 3 is 2.61 bits per heavy atom. The molecule has 17 heteroatoms.